The molecule has 0 bridgehead atoms. The number of pyridine rings is 1. The summed E-state index contributed by atoms with van der Waals surface area (Å²) in [5, 5.41) is 14.7. The third-order valence-electron chi connectivity index (χ3n) is 2.41. The van der Waals surface area contributed by atoms with Crippen LogP contribution in [-0.4, -0.2) is 16.5 Å². The highest BCUT2D eigenvalue weighted by Gasteiger charge is 2.18. The van der Waals surface area contributed by atoms with Gasteiger partial charge in [0.05, 0.1) is 15.8 Å². The van der Waals surface area contributed by atoms with Gasteiger partial charge >= 0.3 is 5.69 Å². The Hall–Kier alpha value is -1.95. The van der Waals surface area contributed by atoms with Gasteiger partial charge in [0, 0.05) is 17.2 Å². The Bertz CT molecular complexity index is 628. The number of rotatable bonds is 4. The number of nitro benzene ring substituents is 1. The Morgan fingerprint density at radius 1 is 1.50 bits per heavy atom. The number of aromatic nitrogens is 1. The summed E-state index contributed by atoms with van der Waals surface area (Å²) >= 11 is 3.20. The van der Waals surface area contributed by atoms with Gasteiger partial charge in [-0.3, -0.25) is 15.1 Å². The smallest absolute Gasteiger partial charge is 0.301 e. The van der Waals surface area contributed by atoms with Crippen LogP contribution in [0.5, 0.6) is 0 Å². The lowest BCUT2D eigenvalue weighted by Gasteiger charge is -2.07. The maximum atomic E-state index is 11.2. The summed E-state index contributed by atoms with van der Waals surface area (Å²) in [7, 11) is 0. The molecule has 0 saturated carbocycles. The molecule has 6 heteroatoms. The van der Waals surface area contributed by atoms with Gasteiger partial charge in [0.2, 0.25) is 0 Å². The number of nitro groups is 1. The Labute approximate surface area is 112 Å². The summed E-state index contributed by atoms with van der Waals surface area (Å²) in [5.74, 6) is 0. The Morgan fingerprint density at radius 3 is 2.94 bits per heavy atom. The molecule has 1 heterocycles. The molecule has 2 rings (SSSR count). The van der Waals surface area contributed by atoms with Crippen molar-refractivity contribution in [2.75, 3.05) is 11.9 Å². The van der Waals surface area contributed by atoms with E-state index in [-0.39, 0.29) is 5.69 Å². The first-order valence-corrected chi connectivity index (χ1v) is 5.98. The zero-order valence-corrected chi connectivity index (χ0v) is 11.0. The average molecular weight is 308 g/mol. The monoisotopic (exact) mass is 307 g/mol. The minimum absolute atomic E-state index is 0.0364. The molecule has 18 heavy (non-hydrogen) atoms. The Morgan fingerprint density at radius 2 is 2.28 bits per heavy atom. The number of halogens is 1. The van der Waals surface area contributed by atoms with Crippen molar-refractivity contribution < 1.29 is 4.92 Å². The maximum absolute atomic E-state index is 11.2. The van der Waals surface area contributed by atoms with Gasteiger partial charge in [-0.25, -0.2) is 0 Å². The summed E-state index contributed by atoms with van der Waals surface area (Å²) in [6, 6.07) is 6.78. The first-order valence-electron chi connectivity index (χ1n) is 5.19. The van der Waals surface area contributed by atoms with E-state index in [1.54, 1.807) is 30.5 Å². The molecule has 0 fully saturated rings. The molecule has 2 aromatic rings. The van der Waals surface area contributed by atoms with Crippen LogP contribution in [0.15, 0.2) is 41.5 Å². The fourth-order valence-electron chi connectivity index (χ4n) is 1.67. The van der Waals surface area contributed by atoms with Crippen molar-refractivity contribution in [3.8, 4) is 0 Å². The molecule has 0 saturated heterocycles. The van der Waals surface area contributed by atoms with Crippen molar-refractivity contribution in [1.29, 1.82) is 0 Å². The Balaban J connectivity index is 2.55. The van der Waals surface area contributed by atoms with Gasteiger partial charge in [-0.1, -0.05) is 22.5 Å². The zero-order valence-electron chi connectivity index (χ0n) is 9.39. The van der Waals surface area contributed by atoms with Crippen LogP contribution < -0.4 is 5.32 Å². The number of nitrogens with one attached hydrogen (secondary N) is 1. The summed E-state index contributed by atoms with van der Waals surface area (Å²) in [4.78, 5) is 14.9. The van der Waals surface area contributed by atoms with E-state index in [9.17, 15) is 10.1 Å². The van der Waals surface area contributed by atoms with Crippen molar-refractivity contribution in [2.24, 2.45) is 0 Å². The van der Waals surface area contributed by atoms with Gasteiger partial charge in [-0.2, -0.15) is 0 Å². The predicted octanol–water partition coefficient (Wildman–Crippen LogP) is 3.46. The van der Waals surface area contributed by atoms with Crippen molar-refractivity contribution in [1.82, 2.24) is 4.98 Å². The van der Waals surface area contributed by atoms with E-state index in [0.29, 0.717) is 23.1 Å². The fourth-order valence-corrected chi connectivity index (χ4v) is 1.81. The molecule has 92 valence electrons. The van der Waals surface area contributed by atoms with Gasteiger partial charge < -0.3 is 5.32 Å². The van der Waals surface area contributed by atoms with Crippen LogP contribution in [-0.2, 0) is 0 Å². The maximum Gasteiger partial charge on any atom is 0.301 e. The number of benzene rings is 1. The fraction of sp³-hybridized carbons (Fsp3) is 0.0833. The predicted molar refractivity (Wildman–Crippen MR) is 75.0 cm³/mol. The van der Waals surface area contributed by atoms with Crippen LogP contribution in [0.4, 0.5) is 11.4 Å². The summed E-state index contributed by atoms with van der Waals surface area (Å²) in [6.07, 6.45) is 1.61. The second kappa shape index (κ2) is 5.14. The molecule has 1 N–H and O–H groups in total. The normalized spacial score (nSPS) is 10.3. The van der Waals surface area contributed by atoms with Crippen LogP contribution in [0, 0.1) is 10.1 Å². The third-order valence-corrected chi connectivity index (χ3v) is 2.69. The van der Waals surface area contributed by atoms with E-state index in [1.165, 1.54) is 0 Å². The first-order chi connectivity index (χ1) is 8.59. The van der Waals surface area contributed by atoms with Crippen LogP contribution >= 0.6 is 15.9 Å². The molecule has 0 unspecified atom stereocenters. The minimum atomic E-state index is -0.399. The lowest BCUT2D eigenvalue weighted by molar-refractivity contribution is -0.382. The molecule has 0 radical (unpaired) electrons. The number of hydrogen-bond donors (Lipinski definition) is 1. The SMILES string of the molecule is C=C(Br)CNc1ccc2ncccc2c1[N+](=O)[O-]. The second-order valence-corrected chi connectivity index (χ2v) is 4.78. The van der Waals surface area contributed by atoms with Crippen molar-refractivity contribution in [3.05, 3.63) is 51.6 Å². The highest BCUT2D eigenvalue weighted by atomic mass is 79.9. The van der Waals surface area contributed by atoms with Crippen LogP contribution in [0.1, 0.15) is 0 Å². The van der Waals surface area contributed by atoms with Crippen molar-refractivity contribution >= 4 is 38.2 Å². The molecule has 0 amide bonds. The number of hydrogen-bond acceptors (Lipinski definition) is 4. The molecule has 5 nitrogen and oxygen atoms in total. The first kappa shape index (κ1) is 12.5. The molecule has 0 aliphatic carbocycles. The molecule has 0 aliphatic rings. The molecule has 0 aliphatic heterocycles. The quantitative estimate of drug-likeness (QED) is 0.693. The second-order valence-electron chi connectivity index (χ2n) is 3.66. The molecular weight excluding hydrogens is 298 g/mol. The number of nitrogens with zero attached hydrogens (tertiary/aromatic N) is 2. The Kier molecular flexibility index (Phi) is 3.57. The van der Waals surface area contributed by atoms with Crippen LogP contribution in [0.3, 0.4) is 0 Å². The standard InChI is InChI=1S/C12H10BrN3O2/c1-8(13)7-15-11-5-4-10-9(3-2-6-14-10)12(11)16(17)18/h2-6,15H,1,7H2. The lowest BCUT2D eigenvalue weighted by Crippen LogP contribution is -2.04. The van der Waals surface area contributed by atoms with E-state index in [1.807, 2.05) is 0 Å². The topological polar surface area (TPSA) is 68.1 Å². The summed E-state index contributed by atoms with van der Waals surface area (Å²) < 4.78 is 0.725. The molecular formula is C12H10BrN3O2. The van der Waals surface area contributed by atoms with Gasteiger partial charge in [0.1, 0.15) is 5.69 Å². The molecule has 1 aromatic heterocycles. The number of fused-ring (bicyclic) bond motifs is 1. The number of anilines is 1. The summed E-state index contributed by atoms with van der Waals surface area (Å²) in [6.45, 7) is 4.10. The van der Waals surface area contributed by atoms with E-state index >= 15 is 0 Å². The van der Waals surface area contributed by atoms with Crippen molar-refractivity contribution in [3.63, 3.8) is 0 Å². The van der Waals surface area contributed by atoms with E-state index < -0.39 is 4.92 Å². The van der Waals surface area contributed by atoms with E-state index in [0.717, 1.165) is 4.48 Å². The van der Waals surface area contributed by atoms with Crippen molar-refractivity contribution in [2.45, 2.75) is 0 Å². The van der Waals surface area contributed by atoms with E-state index in [2.05, 4.69) is 32.8 Å². The molecule has 1 aromatic carbocycles. The molecule has 0 atom stereocenters. The highest BCUT2D eigenvalue weighted by molar-refractivity contribution is 9.11. The molecule has 0 spiro atoms. The van der Waals surface area contributed by atoms with Gasteiger partial charge in [-0.05, 0) is 24.3 Å². The van der Waals surface area contributed by atoms with Gasteiger partial charge in [0.25, 0.3) is 0 Å². The average Bonchev–Trinajstić information content (AvgIpc) is 2.35. The van der Waals surface area contributed by atoms with Crippen LogP contribution in [0.25, 0.3) is 10.9 Å². The zero-order chi connectivity index (χ0) is 13.1. The lowest BCUT2D eigenvalue weighted by atomic mass is 10.1. The summed E-state index contributed by atoms with van der Waals surface area (Å²) in [5.41, 5.74) is 1.10. The largest absolute Gasteiger partial charge is 0.375 e. The minimum Gasteiger partial charge on any atom is -0.375 e. The van der Waals surface area contributed by atoms with Gasteiger partial charge in [0.15, 0.2) is 0 Å². The highest BCUT2D eigenvalue weighted by Crippen LogP contribution is 2.32. The van der Waals surface area contributed by atoms with Crippen LogP contribution in [0.2, 0.25) is 0 Å². The third kappa shape index (κ3) is 2.48. The van der Waals surface area contributed by atoms with E-state index in [4.69, 9.17) is 0 Å². The van der Waals surface area contributed by atoms with Gasteiger partial charge in [-0.15, -0.1) is 0 Å².